The fraction of sp³-hybridized carbons (Fsp3) is 0.417. The van der Waals surface area contributed by atoms with E-state index in [1.807, 2.05) is 30.3 Å². The highest BCUT2D eigenvalue weighted by Crippen LogP contribution is 2.33. The molecule has 2 heterocycles. The number of esters is 1. The summed E-state index contributed by atoms with van der Waals surface area (Å²) in [5, 5.41) is 0.728. The molecule has 2 aromatic heterocycles. The number of carbonyl (C=O) groups is 2. The number of carbonyl (C=O) groups excluding carboxylic acids is 2. The van der Waals surface area contributed by atoms with Crippen LogP contribution in [0.15, 0.2) is 41.5 Å². The van der Waals surface area contributed by atoms with Crippen molar-refractivity contribution in [2.24, 2.45) is 0 Å². The Kier molecular flexibility index (Phi) is 6.99. The topological polar surface area (TPSA) is 81.5 Å². The van der Waals surface area contributed by atoms with Gasteiger partial charge < -0.3 is 9.64 Å². The summed E-state index contributed by atoms with van der Waals surface area (Å²) in [6.07, 6.45) is 6.04. The van der Waals surface area contributed by atoms with Gasteiger partial charge in [-0.2, -0.15) is 0 Å². The molecule has 1 aromatic carbocycles. The molecule has 32 heavy (non-hydrogen) atoms. The van der Waals surface area contributed by atoms with Gasteiger partial charge in [-0.05, 0) is 36.8 Å². The van der Waals surface area contributed by atoms with Gasteiger partial charge in [-0.1, -0.05) is 30.3 Å². The Hall–Kier alpha value is -3.00. The van der Waals surface area contributed by atoms with Crippen LogP contribution in [0.1, 0.15) is 41.7 Å². The molecule has 0 unspecified atom stereocenters. The minimum Gasteiger partial charge on any atom is -0.469 e. The maximum Gasteiger partial charge on any atom is 0.307 e. The highest BCUT2D eigenvalue weighted by atomic mass is 32.1. The molecule has 0 saturated heterocycles. The van der Waals surface area contributed by atoms with Gasteiger partial charge in [-0.3, -0.25) is 19.0 Å². The van der Waals surface area contributed by atoms with Crippen LogP contribution < -0.4 is 5.56 Å². The number of methoxy groups -OCH3 is 1. The quantitative estimate of drug-likeness (QED) is 0.489. The van der Waals surface area contributed by atoms with Gasteiger partial charge in [0.1, 0.15) is 4.83 Å². The molecule has 8 heteroatoms. The Morgan fingerprint density at radius 3 is 2.72 bits per heavy atom. The Morgan fingerprint density at radius 1 is 1.16 bits per heavy atom. The molecule has 0 bridgehead atoms. The summed E-state index contributed by atoms with van der Waals surface area (Å²) in [5.41, 5.74) is 2.07. The lowest BCUT2D eigenvalue weighted by atomic mass is 9.97. The molecule has 0 saturated carbocycles. The average Bonchev–Trinajstić information content (AvgIpc) is 3.21. The second kappa shape index (κ2) is 10.1. The van der Waals surface area contributed by atoms with Crippen LogP contribution in [0.4, 0.5) is 0 Å². The summed E-state index contributed by atoms with van der Waals surface area (Å²) in [7, 11) is 1.34. The number of aryl methyl sites for hydroxylation is 3. The maximum atomic E-state index is 13.1. The Bertz CT molecular complexity index is 1170. The number of benzene rings is 1. The first-order valence-electron chi connectivity index (χ1n) is 10.9. The second-order valence-corrected chi connectivity index (χ2v) is 9.09. The molecule has 0 radical (unpaired) electrons. The number of rotatable bonds is 8. The number of hydrogen-bond donors (Lipinski definition) is 0. The molecule has 1 amide bonds. The lowest BCUT2D eigenvalue weighted by Gasteiger charge is -2.22. The van der Waals surface area contributed by atoms with Crippen LogP contribution in [0.5, 0.6) is 0 Å². The monoisotopic (exact) mass is 453 g/mol. The molecule has 0 spiro atoms. The predicted octanol–water partition coefficient (Wildman–Crippen LogP) is 3.32. The van der Waals surface area contributed by atoms with E-state index in [0.717, 1.165) is 47.0 Å². The van der Waals surface area contributed by atoms with Crippen molar-refractivity contribution in [1.82, 2.24) is 14.5 Å². The van der Waals surface area contributed by atoms with Crippen molar-refractivity contribution in [2.45, 2.75) is 51.6 Å². The van der Waals surface area contributed by atoms with Gasteiger partial charge in [-0.15, -0.1) is 11.3 Å². The van der Waals surface area contributed by atoms with E-state index in [9.17, 15) is 14.4 Å². The third kappa shape index (κ3) is 4.91. The lowest BCUT2D eigenvalue weighted by Crippen LogP contribution is -2.34. The first-order chi connectivity index (χ1) is 15.6. The van der Waals surface area contributed by atoms with Crippen LogP contribution >= 0.6 is 11.3 Å². The molecule has 0 atom stereocenters. The molecule has 0 aliphatic heterocycles. The lowest BCUT2D eigenvalue weighted by molar-refractivity contribution is -0.142. The van der Waals surface area contributed by atoms with E-state index < -0.39 is 0 Å². The third-order valence-corrected chi connectivity index (χ3v) is 7.09. The van der Waals surface area contributed by atoms with Gasteiger partial charge in [0.25, 0.3) is 5.56 Å². The number of thiophene rings is 1. The van der Waals surface area contributed by atoms with Crippen molar-refractivity contribution >= 4 is 33.4 Å². The second-order valence-electron chi connectivity index (χ2n) is 8.01. The zero-order valence-corrected chi connectivity index (χ0v) is 19.0. The SMILES string of the molecule is COC(=O)CCN(Cc1ccccc1)C(=O)CCn1cnc2sc3c(c2c1=O)CCCC3. The zero-order valence-electron chi connectivity index (χ0n) is 18.2. The standard InChI is InChI=1S/C24H27N3O4S/c1-31-21(29)12-14-26(15-17-7-3-2-4-8-17)20(28)11-13-27-16-25-23-22(24(27)30)18-9-5-6-10-19(18)32-23/h2-4,7-8,16H,5-6,9-15H2,1H3. The normalized spacial score (nSPS) is 13.0. The molecular formula is C24H27N3O4S. The number of fused-ring (bicyclic) bond motifs is 3. The first kappa shape index (κ1) is 22.2. The van der Waals surface area contributed by atoms with E-state index >= 15 is 0 Å². The Morgan fingerprint density at radius 2 is 1.94 bits per heavy atom. The molecule has 0 N–H and O–H groups in total. The largest absolute Gasteiger partial charge is 0.469 e. The van der Waals surface area contributed by atoms with E-state index in [1.165, 1.54) is 12.0 Å². The zero-order chi connectivity index (χ0) is 22.5. The summed E-state index contributed by atoms with van der Waals surface area (Å²) >= 11 is 1.62. The smallest absolute Gasteiger partial charge is 0.307 e. The fourth-order valence-electron chi connectivity index (χ4n) is 4.14. The number of nitrogens with zero attached hydrogens (tertiary/aromatic N) is 3. The van der Waals surface area contributed by atoms with Gasteiger partial charge in [0, 0.05) is 30.9 Å². The molecule has 1 aliphatic carbocycles. The van der Waals surface area contributed by atoms with Gasteiger partial charge in [0.15, 0.2) is 0 Å². The van der Waals surface area contributed by atoms with Crippen LogP contribution in [0, 0.1) is 0 Å². The summed E-state index contributed by atoms with van der Waals surface area (Å²) in [6, 6.07) is 9.64. The van der Waals surface area contributed by atoms with Crippen molar-refractivity contribution in [3.63, 3.8) is 0 Å². The molecule has 0 fully saturated rings. The van der Waals surface area contributed by atoms with Crippen molar-refractivity contribution < 1.29 is 14.3 Å². The van der Waals surface area contributed by atoms with Gasteiger partial charge in [0.05, 0.1) is 25.2 Å². The van der Waals surface area contributed by atoms with Gasteiger partial charge in [-0.25, -0.2) is 4.98 Å². The Balaban J connectivity index is 1.49. The number of ether oxygens (including phenoxy) is 1. The molecule has 1 aliphatic rings. The van der Waals surface area contributed by atoms with E-state index in [4.69, 9.17) is 4.74 Å². The van der Waals surface area contributed by atoms with Crippen LogP contribution in [-0.2, 0) is 40.3 Å². The summed E-state index contributed by atoms with van der Waals surface area (Å²) in [4.78, 5) is 46.0. The van der Waals surface area contributed by atoms with Gasteiger partial charge in [0.2, 0.25) is 5.91 Å². The van der Waals surface area contributed by atoms with Crippen LogP contribution in [0.3, 0.4) is 0 Å². The molecule has 3 aromatic rings. The van der Waals surface area contributed by atoms with E-state index in [2.05, 4.69) is 4.98 Å². The molecule has 7 nitrogen and oxygen atoms in total. The number of amides is 1. The molecular weight excluding hydrogens is 426 g/mol. The van der Waals surface area contributed by atoms with Crippen molar-refractivity contribution in [3.8, 4) is 0 Å². The van der Waals surface area contributed by atoms with E-state index in [1.54, 1.807) is 27.1 Å². The minimum absolute atomic E-state index is 0.0635. The fourth-order valence-corrected chi connectivity index (χ4v) is 5.36. The highest BCUT2D eigenvalue weighted by Gasteiger charge is 2.21. The van der Waals surface area contributed by atoms with Crippen molar-refractivity contribution in [3.05, 3.63) is 63.0 Å². The summed E-state index contributed by atoms with van der Waals surface area (Å²) in [6.45, 7) is 0.931. The molecule has 4 rings (SSSR count). The average molecular weight is 454 g/mol. The number of hydrogen-bond acceptors (Lipinski definition) is 6. The van der Waals surface area contributed by atoms with Crippen molar-refractivity contribution in [2.75, 3.05) is 13.7 Å². The summed E-state index contributed by atoms with van der Waals surface area (Å²) < 4.78 is 6.27. The Labute approximate surface area is 190 Å². The van der Waals surface area contributed by atoms with Crippen LogP contribution in [0.2, 0.25) is 0 Å². The summed E-state index contributed by atoms with van der Waals surface area (Å²) in [5.74, 6) is -0.471. The van der Waals surface area contributed by atoms with Crippen LogP contribution in [0.25, 0.3) is 10.2 Å². The van der Waals surface area contributed by atoms with Gasteiger partial charge >= 0.3 is 5.97 Å². The van der Waals surface area contributed by atoms with Crippen molar-refractivity contribution in [1.29, 1.82) is 0 Å². The predicted molar refractivity (Wildman–Crippen MR) is 124 cm³/mol. The van der Waals surface area contributed by atoms with E-state index in [0.29, 0.717) is 6.54 Å². The maximum absolute atomic E-state index is 13.1. The molecule has 168 valence electrons. The van der Waals surface area contributed by atoms with E-state index in [-0.39, 0.29) is 43.4 Å². The van der Waals surface area contributed by atoms with Crippen LogP contribution in [-0.4, -0.2) is 40.0 Å². The number of aromatic nitrogens is 2. The highest BCUT2D eigenvalue weighted by molar-refractivity contribution is 7.18. The first-order valence-corrected chi connectivity index (χ1v) is 11.8. The minimum atomic E-state index is -0.357. The third-order valence-electron chi connectivity index (χ3n) is 5.89.